The van der Waals surface area contributed by atoms with Crippen molar-refractivity contribution in [1.29, 1.82) is 0 Å². The molecular weight excluding hydrogens is 297 g/mol. The summed E-state index contributed by atoms with van der Waals surface area (Å²) in [4.78, 5) is 0. The highest BCUT2D eigenvalue weighted by Gasteiger charge is 2.10. The molecule has 2 aromatic rings. The molecule has 0 saturated heterocycles. The molecule has 0 radical (unpaired) electrons. The maximum absolute atomic E-state index is 6.04. The summed E-state index contributed by atoms with van der Waals surface area (Å²) in [5, 5.41) is 3.54. The quantitative estimate of drug-likeness (QED) is 0.515. The van der Waals surface area contributed by atoms with Crippen LogP contribution < -0.4 is 0 Å². The molecule has 5 heteroatoms. The molecule has 0 fully saturated rings. The van der Waals surface area contributed by atoms with E-state index in [9.17, 15) is 0 Å². The average molecular weight is 300 g/mol. The molecule has 2 aromatic carbocycles. The van der Waals surface area contributed by atoms with E-state index in [2.05, 4.69) is 0 Å². The highest BCUT2D eigenvalue weighted by Crippen LogP contribution is 2.39. The summed E-state index contributed by atoms with van der Waals surface area (Å²) in [6, 6.07) is 5.07. The van der Waals surface area contributed by atoms with Gasteiger partial charge < -0.3 is 0 Å². The monoisotopic (exact) mass is 298 g/mol. The lowest BCUT2D eigenvalue weighted by Crippen LogP contribution is -1.79. The van der Waals surface area contributed by atoms with Crippen LogP contribution in [-0.4, -0.2) is 0 Å². The Labute approximate surface area is 112 Å². The molecule has 0 spiro atoms. The first-order chi connectivity index (χ1) is 7.00. The number of rotatable bonds is 0. The molecule has 0 bridgehead atoms. The van der Waals surface area contributed by atoms with E-state index in [4.69, 9.17) is 58.0 Å². The maximum atomic E-state index is 6.04. The second-order valence-corrected chi connectivity index (χ2v) is 4.95. The van der Waals surface area contributed by atoms with Crippen LogP contribution in [0, 0.1) is 0 Å². The molecule has 78 valence electrons. The Hall–Kier alpha value is 0.150. The Morgan fingerprint density at radius 2 is 1.13 bits per heavy atom. The molecular formula is C10H3Cl5. The number of fused-ring (bicyclic) bond motifs is 1. The Morgan fingerprint density at radius 3 is 1.80 bits per heavy atom. The van der Waals surface area contributed by atoms with Crippen LogP contribution >= 0.6 is 58.0 Å². The SMILES string of the molecule is Clc1cc2cc(Cl)c(Cl)c(Cl)c2cc1Cl. The minimum absolute atomic E-state index is 0.323. The summed E-state index contributed by atoms with van der Waals surface area (Å²) in [6.45, 7) is 0. The zero-order valence-corrected chi connectivity index (χ0v) is 10.9. The van der Waals surface area contributed by atoms with Crippen LogP contribution in [0.2, 0.25) is 25.1 Å². The summed E-state index contributed by atoms with van der Waals surface area (Å²) >= 11 is 29.6. The van der Waals surface area contributed by atoms with Crippen molar-refractivity contribution >= 4 is 68.8 Å². The molecule has 0 amide bonds. The van der Waals surface area contributed by atoms with Crippen LogP contribution in [0.5, 0.6) is 0 Å². The zero-order valence-electron chi connectivity index (χ0n) is 7.12. The fraction of sp³-hybridized carbons (Fsp3) is 0. The molecule has 0 atom stereocenters. The van der Waals surface area contributed by atoms with E-state index in [1.165, 1.54) is 0 Å². The van der Waals surface area contributed by atoms with E-state index >= 15 is 0 Å². The standard InChI is InChI=1S/C10H3Cl5/c11-6-1-4-2-8(13)10(15)9(14)5(4)3-7(6)12/h1-3H. The van der Waals surface area contributed by atoms with Crippen molar-refractivity contribution in [1.82, 2.24) is 0 Å². The Bertz CT molecular complexity index is 542. The van der Waals surface area contributed by atoms with Crippen molar-refractivity contribution in [3.8, 4) is 0 Å². The van der Waals surface area contributed by atoms with Gasteiger partial charge in [-0.25, -0.2) is 0 Å². The molecule has 0 aromatic heterocycles. The van der Waals surface area contributed by atoms with Gasteiger partial charge in [-0.3, -0.25) is 0 Å². The van der Waals surface area contributed by atoms with Crippen LogP contribution in [0.4, 0.5) is 0 Å². The van der Waals surface area contributed by atoms with Crippen LogP contribution in [0.3, 0.4) is 0 Å². The first-order valence-corrected chi connectivity index (χ1v) is 5.82. The third-order valence-corrected chi connectivity index (χ3v) is 4.01. The zero-order chi connectivity index (χ0) is 11.2. The predicted molar refractivity (Wildman–Crippen MR) is 69.0 cm³/mol. The van der Waals surface area contributed by atoms with Crippen LogP contribution in [0.15, 0.2) is 18.2 Å². The molecule has 0 saturated carbocycles. The van der Waals surface area contributed by atoms with Crippen molar-refractivity contribution in [3.63, 3.8) is 0 Å². The van der Waals surface area contributed by atoms with Gasteiger partial charge in [-0.1, -0.05) is 58.0 Å². The predicted octanol–water partition coefficient (Wildman–Crippen LogP) is 6.11. The number of halogens is 5. The summed E-state index contributed by atoms with van der Waals surface area (Å²) in [5.41, 5.74) is 0. The number of hydrogen-bond acceptors (Lipinski definition) is 0. The molecule has 15 heavy (non-hydrogen) atoms. The third kappa shape index (κ3) is 2.02. The smallest absolute Gasteiger partial charge is 0.0785 e. The van der Waals surface area contributed by atoms with E-state index in [0.717, 1.165) is 10.8 Å². The lowest BCUT2D eigenvalue weighted by Gasteiger charge is -2.06. The highest BCUT2D eigenvalue weighted by molar-refractivity contribution is 6.51. The van der Waals surface area contributed by atoms with Gasteiger partial charge in [-0.2, -0.15) is 0 Å². The molecule has 0 heterocycles. The Kier molecular flexibility index (Phi) is 3.25. The molecule has 0 aliphatic heterocycles. The van der Waals surface area contributed by atoms with Gasteiger partial charge in [0.25, 0.3) is 0 Å². The molecule has 0 aliphatic carbocycles. The van der Waals surface area contributed by atoms with Gasteiger partial charge in [-0.15, -0.1) is 0 Å². The van der Waals surface area contributed by atoms with Crippen molar-refractivity contribution < 1.29 is 0 Å². The van der Waals surface area contributed by atoms with Crippen molar-refractivity contribution in [2.75, 3.05) is 0 Å². The number of hydrogen-bond donors (Lipinski definition) is 0. The Morgan fingerprint density at radius 1 is 0.600 bits per heavy atom. The maximum Gasteiger partial charge on any atom is 0.0785 e. The van der Waals surface area contributed by atoms with E-state index in [1.807, 2.05) is 0 Å². The largest absolute Gasteiger partial charge is 0.0827 e. The second-order valence-electron chi connectivity index (χ2n) is 2.97. The van der Waals surface area contributed by atoms with Gasteiger partial charge in [0.15, 0.2) is 0 Å². The van der Waals surface area contributed by atoms with Gasteiger partial charge in [0.05, 0.1) is 25.1 Å². The van der Waals surface area contributed by atoms with Crippen LogP contribution in [0.1, 0.15) is 0 Å². The minimum atomic E-state index is 0.323. The topological polar surface area (TPSA) is 0 Å². The second kappa shape index (κ2) is 4.20. The average Bonchev–Trinajstić information content (AvgIpc) is 2.19. The highest BCUT2D eigenvalue weighted by atomic mass is 35.5. The van der Waals surface area contributed by atoms with Crippen molar-refractivity contribution in [3.05, 3.63) is 43.3 Å². The fourth-order valence-corrected chi connectivity index (χ4v) is 2.31. The van der Waals surface area contributed by atoms with Gasteiger partial charge >= 0.3 is 0 Å². The fourth-order valence-electron chi connectivity index (χ4n) is 1.29. The van der Waals surface area contributed by atoms with Crippen LogP contribution in [-0.2, 0) is 0 Å². The van der Waals surface area contributed by atoms with Gasteiger partial charge in [0.2, 0.25) is 0 Å². The van der Waals surface area contributed by atoms with Crippen molar-refractivity contribution in [2.45, 2.75) is 0 Å². The summed E-state index contributed by atoms with van der Waals surface area (Å²) in [5.74, 6) is 0. The van der Waals surface area contributed by atoms with E-state index < -0.39 is 0 Å². The molecule has 0 unspecified atom stereocenters. The third-order valence-electron chi connectivity index (χ3n) is 2.01. The first-order valence-electron chi connectivity index (χ1n) is 3.93. The molecule has 2 rings (SSSR count). The molecule has 0 aliphatic rings. The lowest BCUT2D eigenvalue weighted by atomic mass is 10.1. The van der Waals surface area contributed by atoms with Gasteiger partial charge in [-0.05, 0) is 23.6 Å². The first kappa shape index (κ1) is 11.6. The summed E-state index contributed by atoms with van der Waals surface area (Å²) in [6.07, 6.45) is 0. The van der Waals surface area contributed by atoms with Crippen LogP contribution in [0.25, 0.3) is 10.8 Å². The van der Waals surface area contributed by atoms with E-state index in [1.54, 1.807) is 18.2 Å². The number of benzene rings is 2. The van der Waals surface area contributed by atoms with E-state index in [0.29, 0.717) is 25.1 Å². The summed E-state index contributed by atoms with van der Waals surface area (Å²) in [7, 11) is 0. The van der Waals surface area contributed by atoms with Crippen molar-refractivity contribution in [2.24, 2.45) is 0 Å². The lowest BCUT2D eigenvalue weighted by molar-refractivity contribution is 1.74. The normalized spacial score (nSPS) is 11.0. The summed E-state index contributed by atoms with van der Waals surface area (Å²) < 4.78 is 0. The minimum Gasteiger partial charge on any atom is -0.0827 e. The molecule has 0 N–H and O–H groups in total. The molecule has 0 nitrogen and oxygen atoms in total. The van der Waals surface area contributed by atoms with Gasteiger partial charge in [0.1, 0.15) is 0 Å². The van der Waals surface area contributed by atoms with Gasteiger partial charge in [0, 0.05) is 5.39 Å². The van der Waals surface area contributed by atoms with E-state index in [-0.39, 0.29) is 0 Å². The Balaban J connectivity index is 2.93.